The van der Waals surface area contributed by atoms with Gasteiger partial charge in [0.25, 0.3) is 0 Å². The van der Waals surface area contributed by atoms with Crippen molar-refractivity contribution in [2.45, 2.75) is 76.5 Å². The van der Waals surface area contributed by atoms with E-state index < -0.39 is 47.9 Å². The summed E-state index contributed by atoms with van der Waals surface area (Å²) in [5, 5.41) is 36.6. The van der Waals surface area contributed by atoms with E-state index in [1.54, 1.807) is 24.3 Å². The molecule has 4 atom stereocenters. The lowest BCUT2D eigenvalue weighted by atomic mass is 10.0. The molecule has 3 amide bonds. The molecule has 0 bridgehead atoms. The molecular formula is C30H43N5O7. The molecule has 2 rings (SSSR count). The van der Waals surface area contributed by atoms with Crippen LogP contribution in [-0.4, -0.2) is 69.7 Å². The standard InChI is InChI=1S/C30H43N5O7/c1-18(2)15-26(30(41)42)35-28(39)24(5-3-4-14-31)33-29(40)25(17-20-8-12-22(37)13-9-20)34-27(38)23(32)16-19-6-10-21(36)11-7-19/h6-13,18,23-26,36-37H,3-5,14-17,31-32H2,1-2H3,(H,33,40)(H,34,38)(H,35,39)(H,41,42). The molecule has 230 valence electrons. The number of rotatable bonds is 17. The Labute approximate surface area is 245 Å². The number of carboxylic acid groups (broad SMARTS) is 1. The summed E-state index contributed by atoms with van der Waals surface area (Å²) in [7, 11) is 0. The highest BCUT2D eigenvalue weighted by atomic mass is 16.4. The predicted molar refractivity (Wildman–Crippen MR) is 157 cm³/mol. The van der Waals surface area contributed by atoms with Gasteiger partial charge in [0.1, 0.15) is 29.6 Å². The SMILES string of the molecule is CC(C)CC(NC(=O)C(CCCCN)NC(=O)C(Cc1ccc(O)cc1)NC(=O)C(N)Cc1ccc(O)cc1)C(=O)O. The highest BCUT2D eigenvalue weighted by molar-refractivity contribution is 5.94. The fraction of sp³-hybridized carbons (Fsp3) is 0.467. The van der Waals surface area contributed by atoms with Crippen LogP contribution in [0.4, 0.5) is 0 Å². The van der Waals surface area contributed by atoms with Crippen molar-refractivity contribution in [1.82, 2.24) is 16.0 Å². The van der Waals surface area contributed by atoms with Crippen LogP contribution in [0.5, 0.6) is 11.5 Å². The molecule has 12 heteroatoms. The molecule has 0 aliphatic heterocycles. The van der Waals surface area contributed by atoms with E-state index in [4.69, 9.17) is 11.5 Å². The number of hydrogen-bond donors (Lipinski definition) is 8. The number of nitrogens with two attached hydrogens (primary N) is 2. The van der Waals surface area contributed by atoms with Gasteiger partial charge in [0.15, 0.2) is 0 Å². The van der Waals surface area contributed by atoms with E-state index in [0.29, 0.717) is 30.5 Å². The Hall–Kier alpha value is -4.16. The number of carboxylic acids is 1. The molecule has 0 aliphatic carbocycles. The summed E-state index contributed by atoms with van der Waals surface area (Å²) in [6.07, 6.45) is 1.70. The first kappa shape index (κ1) is 34.0. The van der Waals surface area contributed by atoms with Gasteiger partial charge in [-0.25, -0.2) is 4.79 Å². The van der Waals surface area contributed by atoms with Crippen molar-refractivity contribution in [3.8, 4) is 11.5 Å². The molecule has 0 fully saturated rings. The monoisotopic (exact) mass is 585 g/mol. The molecule has 0 saturated carbocycles. The van der Waals surface area contributed by atoms with E-state index in [9.17, 15) is 34.5 Å². The second-order valence-electron chi connectivity index (χ2n) is 10.8. The number of benzene rings is 2. The number of unbranched alkanes of at least 4 members (excludes halogenated alkanes) is 1. The molecule has 12 nitrogen and oxygen atoms in total. The summed E-state index contributed by atoms with van der Waals surface area (Å²) in [6, 6.07) is 8.00. The van der Waals surface area contributed by atoms with E-state index in [-0.39, 0.29) is 43.1 Å². The zero-order valence-corrected chi connectivity index (χ0v) is 24.1. The minimum atomic E-state index is -1.18. The molecular weight excluding hydrogens is 542 g/mol. The van der Waals surface area contributed by atoms with Gasteiger partial charge < -0.3 is 42.7 Å². The van der Waals surface area contributed by atoms with Gasteiger partial charge in [-0.05, 0) is 80.0 Å². The Morgan fingerprint density at radius 2 is 1.19 bits per heavy atom. The van der Waals surface area contributed by atoms with Crippen molar-refractivity contribution in [2.75, 3.05) is 6.54 Å². The van der Waals surface area contributed by atoms with Crippen LogP contribution in [0.3, 0.4) is 0 Å². The van der Waals surface area contributed by atoms with Crippen molar-refractivity contribution in [3.63, 3.8) is 0 Å². The Morgan fingerprint density at radius 1 is 0.714 bits per heavy atom. The third-order valence-electron chi connectivity index (χ3n) is 6.64. The van der Waals surface area contributed by atoms with Gasteiger partial charge in [0.05, 0.1) is 6.04 Å². The largest absolute Gasteiger partial charge is 0.508 e. The Balaban J connectivity index is 2.24. The average molecular weight is 586 g/mol. The Kier molecular flexibility index (Phi) is 13.7. The number of aromatic hydroxyl groups is 2. The summed E-state index contributed by atoms with van der Waals surface area (Å²) in [5.74, 6) is -2.97. The highest BCUT2D eigenvalue weighted by Crippen LogP contribution is 2.14. The van der Waals surface area contributed by atoms with Crippen molar-refractivity contribution in [3.05, 3.63) is 59.7 Å². The van der Waals surface area contributed by atoms with Crippen molar-refractivity contribution in [2.24, 2.45) is 17.4 Å². The van der Waals surface area contributed by atoms with E-state index in [0.717, 1.165) is 0 Å². The number of hydrogen-bond acceptors (Lipinski definition) is 8. The second kappa shape index (κ2) is 16.9. The van der Waals surface area contributed by atoms with Gasteiger partial charge in [-0.3, -0.25) is 14.4 Å². The maximum absolute atomic E-state index is 13.5. The summed E-state index contributed by atoms with van der Waals surface area (Å²) < 4.78 is 0. The third kappa shape index (κ3) is 11.8. The molecule has 4 unspecified atom stereocenters. The number of nitrogens with one attached hydrogen (secondary N) is 3. The lowest BCUT2D eigenvalue weighted by Crippen LogP contribution is -2.57. The van der Waals surface area contributed by atoms with Gasteiger partial charge in [0.2, 0.25) is 17.7 Å². The maximum atomic E-state index is 13.5. The van der Waals surface area contributed by atoms with Gasteiger partial charge in [-0.2, -0.15) is 0 Å². The first-order valence-corrected chi connectivity index (χ1v) is 14.0. The number of aliphatic carboxylic acids is 1. The van der Waals surface area contributed by atoms with Crippen LogP contribution in [0.15, 0.2) is 48.5 Å². The van der Waals surface area contributed by atoms with Crippen LogP contribution in [0.1, 0.15) is 50.7 Å². The van der Waals surface area contributed by atoms with Crippen LogP contribution < -0.4 is 27.4 Å². The molecule has 0 spiro atoms. The van der Waals surface area contributed by atoms with E-state index in [1.807, 2.05) is 13.8 Å². The predicted octanol–water partition coefficient (Wildman–Crippen LogP) is 0.924. The maximum Gasteiger partial charge on any atom is 0.326 e. The molecule has 0 heterocycles. The van der Waals surface area contributed by atoms with Crippen molar-refractivity contribution >= 4 is 23.7 Å². The zero-order chi connectivity index (χ0) is 31.2. The van der Waals surface area contributed by atoms with Crippen LogP contribution in [-0.2, 0) is 32.0 Å². The molecule has 10 N–H and O–H groups in total. The third-order valence-corrected chi connectivity index (χ3v) is 6.64. The Bertz CT molecular complexity index is 1170. The molecule has 2 aromatic rings. The molecule has 0 aliphatic rings. The van der Waals surface area contributed by atoms with Crippen molar-refractivity contribution in [1.29, 1.82) is 0 Å². The molecule has 0 aromatic heterocycles. The summed E-state index contributed by atoms with van der Waals surface area (Å²) in [4.78, 5) is 51.5. The van der Waals surface area contributed by atoms with Gasteiger partial charge in [-0.1, -0.05) is 38.1 Å². The lowest BCUT2D eigenvalue weighted by Gasteiger charge is -2.26. The Morgan fingerprint density at radius 3 is 1.69 bits per heavy atom. The topological polar surface area (TPSA) is 217 Å². The molecule has 0 saturated heterocycles. The number of phenols is 2. The van der Waals surface area contributed by atoms with Gasteiger partial charge >= 0.3 is 5.97 Å². The molecule has 0 radical (unpaired) electrons. The second-order valence-corrected chi connectivity index (χ2v) is 10.8. The number of amides is 3. The smallest absolute Gasteiger partial charge is 0.326 e. The van der Waals surface area contributed by atoms with Crippen LogP contribution >= 0.6 is 0 Å². The highest BCUT2D eigenvalue weighted by Gasteiger charge is 2.30. The van der Waals surface area contributed by atoms with E-state index in [2.05, 4.69) is 16.0 Å². The van der Waals surface area contributed by atoms with Crippen LogP contribution in [0.2, 0.25) is 0 Å². The summed E-state index contributed by atoms with van der Waals surface area (Å²) in [6.45, 7) is 4.06. The van der Waals surface area contributed by atoms with E-state index in [1.165, 1.54) is 24.3 Å². The fourth-order valence-corrected chi connectivity index (χ4v) is 4.33. The number of carbonyl (C=O) groups is 4. The molecule has 2 aromatic carbocycles. The minimum Gasteiger partial charge on any atom is -0.508 e. The first-order valence-electron chi connectivity index (χ1n) is 14.0. The average Bonchev–Trinajstić information content (AvgIpc) is 2.93. The summed E-state index contributed by atoms with van der Waals surface area (Å²) >= 11 is 0. The van der Waals surface area contributed by atoms with Crippen molar-refractivity contribution < 1.29 is 34.5 Å². The number of phenolic OH excluding ortho intramolecular Hbond substituents is 2. The lowest BCUT2D eigenvalue weighted by molar-refractivity contribution is -0.142. The minimum absolute atomic E-state index is 0.00682. The van der Waals surface area contributed by atoms with Gasteiger partial charge in [0, 0.05) is 6.42 Å². The van der Waals surface area contributed by atoms with Gasteiger partial charge in [-0.15, -0.1) is 0 Å². The summed E-state index contributed by atoms with van der Waals surface area (Å²) in [5.41, 5.74) is 13.1. The first-order chi connectivity index (χ1) is 19.9. The molecule has 42 heavy (non-hydrogen) atoms. The zero-order valence-electron chi connectivity index (χ0n) is 24.1. The quantitative estimate of drug-likeness (QED) is 0.124. The number of carbonyl (C=O) groups excluding carboxylic acids is 3. The fourth-order valence-electron chi connectivity index (χ4n) is 4.33. The van der Waals surface area contributed by atoms with E-state index >= 15 is 0 Å². The van der Waals surface area contributed by atoms with Crippen LogP contribution in [0.25, 0.3) is 0 Å². The van der Waals surface area contributed by atoms with Crippen LogP contribution in [0, 0.1) is 5.92 Å². The normalized spacial score (nSPS) is 13.9.